The summed E-state index contributed by atoms with van der Waals surface area (Å²) in [5.74, 6) is 0.762. The monoisotopic (exact) mass is 400 g/mol. The summed E-state index contributed by atoms with van der Waals surface area (Å²) in [6.45, 7) is 0.702. The summed E-state index contributed by atoms with van der Waals surface area (Å²) < 4.78 is 33.6. The number of hydrogen-bond donors (Lipinski definition) is 1. The minimum absolute atomic E-state index is 0.126. The van der Waals surface area contributed by atoms with E-state index in [4.69, 9.17) is 4.74 Å². The van der Waals surface area contributed by atoms with E-state index < -0.39 is 10.0 Å². The zero-order valence-electron chi connectivity index (χ0n) is 15.8. The highest BCUT2D eigenvalue weighted by Crippen LogP contribution is 2.35. The summed E-state index contributed by atoms with van der Waals surface area (Å²) >= 11 is 0. The molecular weight excluding hydrogens is 376 g/mol. The Kier molecular flexibility index (Phi) is 5.02. The molecule has 0 aromatic heterocycles. The molecule has 1 N–H and O–H groups in total. The predicted molar refractivity (Wildman–Crippen MR) is 108 cm³/mol. The predicted octanol–water partition coefficient (Wildman–Crippen LogP) is 3.58. The molecular formula is C21H24N2O4S. The number of methoxy groups -OCH3 is 1. The maximum absolute atomic E-state index is 12.9. The lowest BCUT2D eigenvalue weighted by Gasteiger charge is -2.35. The Bertz CT molecular complexity index is 999. The van der Waals surface area contributed by atoms with Crippen LogP contribution in [0.25, 0.3) is 0 Å². The quantitative estimate of drug-likeness (QED) is 0.832. The van der Waals surface area contributed by atoms with Crippen molar-refractivity contribution in [2.45, 2.75) is 37.0 Å². The third-order valence-electron chi connectivity index (χ3n) is 5.55. The molecule has 0 radical (unpaired) electrons. The summed E-state index contributed by atoms with van der Waals surface area (Å²) in [6, 6.07) is 11.9. The third kappa shape index (κ3) is 3.46. The first kappa shape index (κ1) is 18.8. The molecule has 1 amide bonds. The van der Waals surface area contributed by atoms with E-state index in [1.807, 2.05) is 4.90 Å². The van der Waals surface area contributed by atoms with E-state index in [9.17, 15) is 13.2 Å². The summed E-state index contributed by atoms with van der Waals surface area (Å²) in [5, 5.41) is 0. The number of ether oxygens (including phenoxy) is 1. The summed E-state index contributed by atoms with van der Waals surface area (Å²) in [6.07, 6.45) is 4.64. The van der Waals surface area contributed by atoms with Gasteiger partial charge in [0.1, 0.15) is 5.75 Å². The van der Waals surface area contributed by atoms with Crippen LogP contribution in [0.2, 0.25) is 0 Å². The minimum Gasteiger partial charge on any atom is -0.495 e. The van der Waals surface area contributed by atoms with Gasteiger partial charge >= 0.3 is 0 Å². The molecule has 4 rings (SSSR count). The van der Waals surface area contributed by atoms with E-state index in [1.54, 1.807) is 42.5 Å². The summed E-state index contributed by atoms with van der Waals surface area (Å²) in [7, 11) is -2.26. The molecule has 1 fully saturated rings. The largest absolute Gasteiger partial charge is 0.495 e. The van der Waals surface area contributed by atoms with Gasteiger partial charge in [-0.15, -0.1) is 0 Å². The van der Waals surface area contributed by atoms with Crippen molar-refractivity contribution in [1.29, 1.82) is 0 Å². The van der Waals surface area contributed by atoms with Gasteiger partial charge in [-0.05, 0) is 61.6 Å². The second kappa shape index (κ2) is 7.47. The Balaban J connectivity index is 1.62. The average Bonchev–Trinajstić information content (AvgIpc) is 2.65. The zero-order valence-corrected chi connectivity index (χ0v) is 16.7. The first-order valence-electron chi connectivity index (χ1n) is 9.60. The molecule has 6 nitrogen and oxygen atoms in total. The van der Waals surface area contributed by atoms with Gasteiger partial charge in [0.15, 0.2) is 0 Å². The number of anilines is 2. The smallest absolute Gasteiger partial charge is 0.262 e. The average molecular weight is 401 g/mol. The Morgan fingerprint density at radius 2 is 1.93 bits per heavy atom. The number of hydrogen-bond acceptors (Lipinski definition) is 4. The van der Waals surface area contributed by atoms with Crippen LogP contribution in [0.4, 0.5) is 11.4 Å². The van der Waals surface area contributed by atoms with Crippen LogP contribution >= 0.6 is 0 Å². The second-order valence-electron chi connectivity index (χ2n) is 7.32. The molecule has 148 valence electrons. The van der Waals surface area contributed by atoms with Crippen molar-refractivity contribution < 1.29 is 17.9 Å². The van der Waals surface area contributed by atoms with Crippen molar-refractivity contribution in [3.8, 4) is 5.75 Å². The number of rotatable bonds is 5. The van der Waals surface area contributed by atoms with Crippen LogP contribution in [0.5, 0.6) is 5.75 Å². The molecule has 1 aliphatic heterocycles. The van der Waals surface area contributed by atoms with E-state index >= 15 is 0 Å². The van der Waals surface area contributed by atoms with E-state index in [2.05, 4.69) is 4.72 Å². The summed E-state index contributed by atoms with van der Waals surface area (Å²) in [5.41, 5.74) is 2.14. The van der Waals surface area contributed by atoms with Gasteiger partial charge in [0.05, 0.1) is 17.7 Å². The maximum atomic E-state index is 12.9. The van der Waals surface area contributed by atoms with E-state index in [0.29, 0.717) is 18.0 Å². The Labute approximate surface area is 165 Å². The SMILES string of the molecule is COc1ccccc1NS(=O)(=O)c1ccc2c(c1)CCCN2C(=O)C1CCC1. The fourth-order valence-corrected chi connectivity index (χ4v) is 4.90. The lowest BCUT2D eigenvalue weighted by atomic mass is 9.83. The van der Waals surface area contributed by atoms with Crippen molar-refractivity contribution in [3.63, 3.8) is 0 Å². The van der Waals surface area contributed by atoms with Crippen molar-refractivity contribution in [1.82, 2.24) is 0 Å². The molecule has 1 heterocycles. The number of carbonyl (C=O) groups is 1. The molecule has 0 atom stereocenters. The van der Waals surface area contributed by atoms with Gasteiger partial charge in [-0.1, -0.05) is 18.6 Å². The fourth-order valence-electron chi connectivity index (χ4n) is 3.78. The van der Waals surface area contributed by atoms with Gasteiger partial charge in [-0.3, -0.25) is 9.52 Å². The molecule has 2 aromatic carbocycles. The number of nitrogens with one attached hydrogen (secondary N) is 1. The van der Waals surface area contributed by atoms with Crippen molar-refractivity contribution in [2.75, 3.05) is 23.3 Å². The number of para-hydroxylation sites is 2. The van der Waals surface area contributed by atoms with E-state index in [0.717, 1.165) is 43.4 Å². The minimum atomic E-state index is -3.76. The lowest BCUT2D eigenvalue weighted by Crippen LogP contribution is -2.41. The number of sulfonamides is 1. The van der Waals surface area contributed by atoms with Gasteiger partial charge in [0.2, 0.25) is 5.91 Å². The lowest BCUT2D eigenvalue weighted by molar-refractivity contribution is -0.124. The van der Waals surface area contributed by atoms with Gasteiger partial charge in [0, 0.05) is 18.2 Å². The molecule has 28 heavy (non-hydrogen) atoms. The van der Waals surface area contributed by atoms with Crippen molar-refractivity contribution >= 4 is 27.3 Å². The fraction of sp³-hybridized carbons (Fsp3) is 0.381. The number of benzene rings is 2. The molecule has 7 heteroatoms. The Morgan fingerprint density at radius 3 is 2.64 bits per heavy atom. The number of amides is 1. The highest BCUT2D eigenvalue weighted by Gasteiger charge is 2.32. The number of carbonyl (C=O) groups excluding carboxylic acids is 1. The van der Waals surface area contributed by atoms with Crippen LogP contribution < -0.4 is 14.4 Å². The van der Waals surface area contributed by atoms with Crippen LogP contribution in [-0.2, 0) is 21.2 Å². The highest BCUT2D eigenvalue weighted by molar-refractivity contribution is 7.92. The Hall–Kier alpha value is -2.54. The normalized spacial score (nSPS) is 16.8. The molecule has 1 saturated carbocycles. The topological polar surface area (TPSA) is 75.7 Å². The van der Waals surface area contributed by atoms with Gasteiger partial charge < -0.3 is 9.64 Å². The third-order valence-corrected chi connectivity index (χ3v) is 6.91. The van der Waals surface area contributed by atoms with Crippen LogP contribution in [0.15, 0.2) is 47.4 Å². The molecule has 0 saturated heterocycles. The molecule has 2 aromatic rings. The highest BCUT2D eigenvalue weighted by atomic mass is 32.2. The molecule has 0 bridgehead atoms. The first-order chi connectivity index (χ1) is 13.5. The maximum Gasteiger partial charge on any atom is 0.262 e. The van der Waals surface area contributed by atoms with E-state index in [-0.39, 0.29) is 16.7 Å². The number of fused-ring (bicyclic) bond motifs is 1. The van der Waals surface area contributed by atoms with Crippen LogP contribution in [0.3, 0.4) is 0 Å². The van der Waals surface area contributed by atoms with Gasteiger partial charge in [-0.25, -0.2) is 8.42 Å². The molecule has 0 unspecified atom stereocenters. The summed E-state index contributed by atoms with van der Waals surface area (Å²) in [4.78, 5) is 14.7. The van der Waals surface area contributed by atoms with Crippen molar-refractivity contribution in [2.24, 2.45) is 5.92 Å². The number of aryl methyl sites for hydroxylation is 1. The molecule has 1 aliphatic carbocycles. The second-order valence-corrected chi connectivity index (χ2v) is 9.00. The standard InChI is InChI=1S/C21H24N2O4S/c1-27-20-10-3-2-9-18(20)22-28(25,26)17-11-12-19-16(14-17)8-5-13-23(19)21(24)15-6-4-7-15/h2-3,9-12,14-15,22H,4-8,13H2,1H3. The van der Waals surface area contributed by atoms with Crippen LogP contribution in [0.1, 0.15) is 31.2 Å². The molecule has 2 aliphatic rings. The van der Waals surface area contributed by atoms with Crippen LogP contribution in [-0.4, -0.2) is 28.0 Å². The van der Waals surface area contributed by atoms with Crippen LogP contribution in [0, 0.1) is 5.92 Å². The zero-order chi connectivity index (χ0) is 19.7. The first-order valence-corrected chi connectivity index (χ1v) is 11.1. The van der Waals surface area contributed by atoms with Gasteiger partial charge in [0.25, 0.3) is 10.0 Å². The van der Waals surface area contributed by atoms with E-state index in [1.165, 1.54) is 7.11 Å². The Morgan fingerprint density at radius 1 is 1.14 bits per heavy atom. The van der Waals surface area contributed by atoms with Gasteiger partial charge in [-0.2, -0.15) is 0 Å². The molecule has 0 spiro atoms. The number of nitrogens with zero attached hydrogens (tertiary/aromatic N) is 1. The van der Waals surface area contributed by atoms with Crippen molar-refractivity contribution in [3.05, 3.63) is 48.0 Å².